The molecule has 2 heterocycles. The molecule has 166 valence electrons. The zero-order valence-electron chi connectivity index (χ0n) is 19.4. The Morgan fingerprint density at radius 2 is 2.00 bits per heavy atom. The van der Waals surface area contributed by atoms with Crippen LogP contribution in [-0.4, -0.2) is 35.5 Å². The second kappa shape index (κ2) is 6.68. The Bertz CT molecular complexity index is 801. The summed E-state index contributed by atoms with van der Waals surface area (Å²) in [6.07, 6.45) is 12.2. The lowest BCUT2D eigenvalue weighted by Crippen LogP contribution is -2.49. The second-order valence-corrected chi connectivity index (χ2v) is 12.2. The van der Waals surface area contributed by atoms with Crippen LogP contribution in [0.5, 0.6) is 0 Å². The van der Waals surface area contributed by atoms with Gasteiger partial charge in [0.1, 0.15) is 0 Å². The number of aliphatic hydroxyl groups excluding tert-OH is 1. The standard InChI is InChI=1S/C27H41NO2/c1-15-11-24-25(28-14-15)17(3)27(30-24)10-8-20-21-6-5-18-12-19(29)7-9-26(18,4)23(21)13-22(20)16(27)2/h5,15,17,19-21,23-25,28-29H,6-14H2,1-4H3/t15-,17?,19-,20-,21-,23-,24+,25?,26-,27-/m0/s1. The van der Waals surface area contributed by atoms with E-state index in [9.17, 15) is 5.11 Å². The van der Waals surface area contributed by atoms with Gasteiger partial charge < -0.3 is 15.2 Å². The van der Waals surface area contributed by atoms with Crippen molar-refractivity contribution in [2.45, 2.75) is 103 Å². The van der Waals surface area contributed by atoms with Crippen molar-refractivity contribution in [2.24, 2.45) is 35.0 Å². The van der Waals surface area contributed by atoms with E-state index < -0.39 is 0 Å². The Morgan fingerprint density at radius 3 is 2.83 bits per heavy atom. The van der Waals surface area contributed by atoms with Gasteiger partial charge in [-0.05, 0) is 99.5 Å². The second-order valence-electron chi connectivity index (χ2n) is 12.2. The first-order valence-electron chi connectivity index (χ1n) is 12.8. The normalized spacial score (nSPS) is 55.0. The van der Waals surface area contributed by atoms with Crippen molar-refractivity contribution in [3.8, 4) is 0 Å². The molecule has 3 nitrogen and oxygen atoms in total. The Kier molecular flexibility index (Phi) is 4.46. The van der Waals surface area contributed by atoms with Crippen LogP contribution in [-0.2, 0) is 4.74 Å². The highest BCUT2D eigenvalue weighted by Gasteiger charge is 2.60. The maximum Gasteiger partial charge on any atom is 0.0937 e. The van der Waals surface area contributed by atoms with Crippen LogP contribution in [0, 0.1) is 35.0 Å². The van der Waals surface area contributed by atoms with Crippen LogP contribution >= 0.6 is 0 Å². The maximum atomic E-state index is 10.3. The highest BCUT2D eigenvalue weighted by atomic mass is 16.5. The maximum absolute atomic E-state index is 10.3. The van der Waals surface area contributed by atoms with Crippen molar-refractivity contribution < 1.29 is 9.84 Å². The van der Waals surface area contributed by atoms with Crippen LogP contribution < -0.4 is 5.32 Å². The molecule has 0 aromatic rings. The van der Waals surface area contributed by atoms with Crippen molar-refractivity contribution in [1.29, 1.82) is 0 Å². The first kappa shape index (κ1) is 20.0. The molecule has 30 heavy (non-hydrogen) atoms. The number of hydrogen-bond donors (Lipinski definition) is 2. The average Bonchev–Trinajstić information content (AvgIpc) is 3.23. The van der Waals surface area contributed by atoms with Crippen molar-refractivity contribution >= 4 is 0 Å². The average molecular weight is 412 g/mol. The summed E-state index contributed by atoms with van der Waals surface area (Å²) < 4.78 is 7.03. The number of aliphatic hydroxyl groups is 1. The van der Waals surface area contributed by atoms with Crippen molar-refractivity contribution in [1.82, 2.24) is 5.32 Å². The molecule has 0 amide bonds. The van der Waals surface area contributed by atoms with Crippen LogP contribution in [0.25, 0.3) is 0 Å². The van der Waals surface area contributed by atoms with E-state index in [0.29, 0.717) is 23.5 Å². The molecule has 0 aromatic heterocycles. The van der Waals surface area contributed by atoms with E-state index in [0.717, 1.165) is 43.1 Å². The van der Waals surface area contributed by atoms with Crippen molar-refractivity contribution in [3.05, 3.63) is 22.8 Å². The molecule has 0 aromatic carbocycles. The molecule has 1 spiro atoms. The number of fused-ring (bicyclic) bond motifs is 6. The zero-order chi connectivity index (χ0) is 20.8. The first-order chi connectivity index (χ1) is 14.3. The van der Waals surface area contributed by atoms with Gasteiger partial charge in [0.15, 0.2) is 0 Å². The lowest BCUT2D eigenvalue weighted by molar-refractivity contribution is -0.0549. The summed E-state index contributed by atoms with van der Waals surface area (Å²) in [4.78, 5) is 0. The van der Waals surface area contributed by atoms with E-state index in [1.165, 1.54) is 38.5 Å². The summed E-state index contributed by atoms with van der Waals surface area (Å²) in [5.41, 5.74) is 5.25. The molecule has 0 radical (unpaired) electrons. The SMILES string of the molecule is CC1=C2C[C@H]3[C@@H](CC=C4C[C@@H](O)CC[C@@]43C)[C@@H]2CC[C@]12O[C@@H]1C[C@H](C)CNC1C2C. The zero-order valence-corrected chi connectivity index (χ0v) is 19.4. The summed E-state index contributed by atoms with van der Waals surface area (Å²) >= 11 is 0. The Balaban J connectivity index is 1.34. The molecule has 2 aliphatic heterocycles. The molecule has 6 rings (SSSR count). The van der Waals surface area contributed by atoms with E-state index in [4.69, 9.17) is 4.74 Å². The minimum atomic E-state index is -0.111. The van der Waals surface area contributed by atoms with Gasteiger partial charge in [0.2, 0.25) is 0 Å². The molecule has 2 saturated carbocycles. The van der Waals surface area contributed by atoms with Crippen LogP contribution in [0.1, 0.15) is 79.1 Å². The van der Waals surface area contributed by atoms with E-state index in [1.807, 2.05) is 0 Å². The quantitative estimate of drug-likeness (QED) is 0.551. The van der Waals surface area contributed by atoms with Crippen LogP contribution in [0.15, 0.2) is 22.8 Å². The topological polar surface area (TPSA) is 41.5 Å². The lowest BCUT2D eigenvalue weighted by Gasteiger charge is -2.49. The summed E-state index contributed by atoms with van der Waals surface area (Å²) in [5.74, 6) is 3.64. The van der Waals surface area contributed by atoms with Gasteiger partial charge in [0.05, 0.1) is 17.8 Å². The fourth-order valence-corrected chi connectivity index (χ4v) is 9.09. The summed E-state index contributed by atoms with van der Waals surface area (Å²) in [6, 6.07) is 0.530. The minimum absolute atomic E-state index is 0.0222. The van der Waals surface area contributed by atoms with Crippen LogP contribution in [0.4, 0.5) is 0 Å². The Morgan fingerprint density at radius 1 is 1.17 bits per heavy atom. The van der Waals surface area contributed by atoms with Gasteiger partial charge in [0, 0.05) is 12.0 Å². The number of allylic oxidation sites excluding steroid dienone is 2. The van der Waals surface area contributed by atoms with Gasteiger partial charge in [-0.15, -0.1) is 0 Å². The number of rotatable bonds is 0. The van der Waals surface area contributed by atoms with Gasteiger partial charge in [-0.3, -0.25) is 0 Å². The molecule has 3 heteroatoms. The Hall–Kier alpha value is -0.640. The predicted octanol–water partition coefficient (Wildman–Crippen LogP) is 5.00. The van der Waals surface area contributed by atoms with E-state index in [-0.39, 0.29) is 11.7 Å². The number of ether oxygens (including phenoxy) is 1. The molecule has 2 N–H and O–H groups in total. The fourth-order valence-electron chi connectivity index (χ4n) is 9.09. The fraction of sp³-hybridized carbons (Fsp3) is 0.852. The van der Waals surface area contributed by atoms with E-state index in [2.05, 4.69) is 39.1 Å². The molecule has 0 bridgehead atoms. The molecule has 6 aliphatic rings. The summed E-state index contributed by atoms with van der Waals surface area (Å²) in [5, 5.41) is 14.1. The monoisotopic (exact) mass is 411 g/mol. The number of piperidine rings is 1. The first-order valence-corrected chi connectivity index (χ1v) is 12.8. The van der Waals surface area contributed by atoms with Gasteiger partial charge in [-0.25, -0.2) is 0 Å². The summed E-state index contributed by atoms with van der Waals surface area (Å²) in [6.45, 7) is 10.9. The van der Waals surface area contributed by atoms with E-state index >= 15 is 0 Å². The number of nitrogens with one attached hydrogen (secondary N) is 1. The third kappa shape index (κ3) is 2.55. The molecule has 4 fully saturated rings. The largest absolute Gasteiger partial charge is 0.393 e. The van der Waals surface area contributed by atoms with Crippen LogP contribution in [0.2, 0.25) is 0 Å². The minimum Gasteiger partial charge on any atom is -0.393 e. The molecule has 2 saturated heterocycles. The molecule has 4 aliphatic carbocycles. The Labute approximate surface area is 182 Å². The smallest absolute Gasteiger partial charge is 0.0937 e. The molecule has 10 atom stereocenters. The third-order valence-corrected chi connectivity index (χ3v) is 10.9. The van der Waals surface area contributed by atoms with Crippen molar-refractivity contribution in [3.63, 3.8) is 0 Å². The van der Waals surface area contributed by atoms with E-state index in [1.54, 1.807) is 16.7 Å². The molecule has 2 unspecified atom stereocenters. The third-order valence-electron chi connectivity index (χ3n) is 10.9. The highest BCUT2D eigenvalue weighted by molar-refractivity contribution is 5.38. The molecular formula is C27H41NO2. The lowest BCUT2D eigenvalue weighted by atomic mass is 9.56. The van der Waals surface area contributed by atoms with Crippen molar-refractivity contribution in [2.75, 3.05) is 6.54 Å². The molecular weight excluding hydrogens is 370 g/mol. The predicted molar refractivity (Wildman–Crippen MR) is 120 cm³/mol. The van der Waals surface area contributed by atoms with Gasteiger partial charge in [0.25, 0.3) is 0 Å². The van der Waals surface area contributed by atoms with Gasteiger partial charge in [-0.2, -0.15) is 0 Å². The van der Waals surface area contributed by atoms with Crippen LogP contribution in [0.3, 0.4) is 0 Å². The summed E-state index contributed by atoms with van der Waals surface area (Å²) in [7, 11) is 0. The number of hydrogen-bond acceptors (Lipinski definition) is 3. The van der Waals surface area contributed by atoms with Gasteiger partial charge in [-0.1, -0.05) is 38.0 Å². The van der Waals surface area contributed by atoms with Gasteiger partial charge >= 0.3 is 0 Å². The highest BCUT2D eigenvalue weighted by Crippen LogP contribution is 2.65.